The average Bonchev–Trinajstić information content (AvgIpc) is 2.88. The Kier molecular flexibility index (Phi) is 2.98. The van der Waals surface area contributed by atoms with Gasteiger partial charge in [-0.2, -0.15) is 0 Å². The zero-order chi connectivity index (χ0) is 9.38. The molecule has 80 valence electrons. The van der Waals surface area contributed by atoms with E-state index in [-0.39, 0.29) is 12.4 Å². The van der Waals surface area contributed by atoms with Gasteiger partial charge >= 0.3 is 0 Å². The molecule has 1 fully saturated rings. The van der Waals surface area contributed by atoms with E-state index in [1.165, 1.54) is 22.9 Å². The normalized spacial score (nSPS) is 20.4. The summed E-state index contributed by atoms with van der Waals surface area (Å²) in [6.45, 7) is 2.29. The minimum atomic E-state index is 0. The molecular formula is C12H15ClN2. The quantitative estimate of drug-likeness (QED) is 0.763. The van der Waals surface area contributed by atoms with Gasteiger partial charge in [0.2, 0.25) is 0 Å². The Labute approximate surface area is 95.5 Å². The van der Waals surface area contributed by atoms with Crippen molar-refractivity contribution in [3.63, 3.8) is 0 Å². The zero-order valence-corrected chi connectivity index (χ0v) is 9.31. The second kappa shape index (κ2) is 4.25. The van der Waals surface area contributed by atoms with Crippen LogP contribution in [0.1, 0.15) is 17.9 Å². The van der Waals surface area contributed by atoms with E-state index in [9.17, 15) is 0 Å². The molecule has 1 unspecified atom stereocenters. The van der Waals surface area contributed by atoms with Gasteiger partial charge in [-0.15, -0.1) is 12.4 Å². The van der Waals surface area contributed by atoms with Gasteiger partial charge in [-0.05, 0) is 36.6 Å². The van der Waals surface area contributed by atoms with Gasteiger partial charge < -0.3 is 10.3 Å². The molecular weight excluding hydrogens is 208 g/mol. The van der Waals surface area contributed by atoms with E-state index in [0.717, 1.165) is 13.1 Å². The fourth-order valence-corrected chi connectivity index (χ4v) is 2.39. The molecule has 2 nitrogen and oxygen atoms in total. The molecule has 3 heteroatoms. The highest BCUT2D eigenvalue weighted by molar-refractivity contribution is 5.85. The number of hydrogen-bond donors (Lipinski definition) is 2. The van der Waals surface area contributed by atoms with E-state index in [1.807, 2.05) is 6.20 Å². The maximum atomic E-state index is 3.42. The molecule has 0 saturated carbocycles. The van der Waals surface area contributed by atoms with Crippen molar-refractivity contribution in [1.82, 2.24) is 10.3 Å². The summed E-state index contributed by atoms with van der Waals surface area (Å²) in [7, 11) is 0. The highest BCUT2D eigenvalue weighted by Gasteiger charge is 2.18. The Morgan fingerprint density at radius 1 is 1.20 bits per heavy atom. The third-order valence-corrected chi connectivity index (χ3v) is 3.13. The second-order valence-electron chi connectivity index (χ2n) is 3.98. The van der Waals surface area contributed by atoms with Crippen molar-refractivity contribution >= 4 is 23.3 Å². The lowest BCUT2D eigenvalue weighted by molar-refractivity contribution is 0.770. The molecule has 1 aliphatic heterocycles. The second-order valence-corrected chi connectivity index (χ2v) is 3.98. The number of hydrogen-bond acceptors (Lipinski definition) is 1. The molecule has 1 saturated heterocycles. The first-order valence-electron chi connectivity index (χ1n) is 5.22. The van der Waals surface area contributed by atoms with Crippen molar-refractivity contribution in [2.45, 2.75) is 12.3 Å². The van der Waals surface area contributed by atoms with E-state index in [1.54, 1.807) is 0 Å². The van der Waals surface area contributed by atoms with E-state index >= 15 is 0 Å². The van der Waals surface area contributed by atoms with Gasteiger partial charge in [-0.1, -0.05) is 12.1 Å². The lowest BCUT2D eigenvalue weighted by Gasteiger charge is -2.09. The summed E-state index contributed by atoms with van der Waals surface area (Å²) in [6.07, 6.45) is 3.29. The first kappa shape index (κ1) is 10.5. The SMILES string of the molecule is Cl.c1cc(C2CCNC2)c2cc[nH]c2c1. The van der Waals surface area contributed by atoms with Crippen LogP contribution in [0.5, 0.6) is 0 Å². The third kappa shape index (κ3) is 1.75. The van der Waals surface area contributed by atoms with Crippen LogP contribution >= 0.6 is 12.4 Å². The molecule has 15 heavy (non-hydrogen) atoms. The molecule has 2 aromatic rings. The minimum Gasteiger partial charge on any atom is -0.361 e. The minimum absolute atomic E-state index is 0. The molecule has 0 amide bonds. The molecule has 0 spiro atoms. The van der Waals surface area contributed by atoms with Gasteiger partial charge in [-0.3, -0.25) is 0 Å². The highest BCUT2D eigenvalue weighted by atomic mass is 35.5. The first-order chi connectivity index (χ1) is 6.95. The van der Waals surface area contributed by atoms with Crippen LogP contribution < -0.4 is 5.32 Å². The summed E-state index contributed by atoms with van der Waals surface area (Å²) in [6, 6.07) is 8.73. The van der Waals surface area contributed by atoms with Crippen molar-refractivity contribution < 1.29 is 0 Å². The van der Waals surface area contributed by atoms with E-state index in [0.29, 0.717) is 5.92 Å². The first-order valence-corrected chi connectivity index (χ1v) is 5.22. The molecule has 1 aromatic heterocycles. The fourth-order valence-electron chi connectivity index (χ4n) is 2.39. The number of rotatable bonds is 1. The molecule has 1 atom stereocenters. The number of halogens is 1. The number of fused-ring (bicyclic) bond motifs is 1. The summed E-state index contributed by atoms with van der Waals surface area (Å²) in [5.41, 5.74) is 2.75. The van der Waals surface area contributed by atoms with Crippen LogP contribution in [0.3, 0.4) is 0 Å². The van der Waals surface area contributed by atoms with Gasteiger partial charge in [-0.25, -0.2) is 0 Å². The van der Waals surface area contributed by atoms with Crippen LogP contribution in [0.15, 0.2) is 30.5 Å². The van der Waals surface area contributed by atoms with Crippen molar-refractivity contribution in [3.05, 3.63) is 36.0 Å². The van der Waals surface area contributed by atoms with E-state index in [4.69, 9.17) is 0 Å². The lowest BCUT2D eigenvalue weighted by atomic mass is 9.95. The van der Waals surface area contributed by atoms with E-state index < -0.39 is 0 Å². The number of nitrogens with one attached hydrogen (secondary N) is 2. The van der Waals surface area contributed by atoms with Gasteiger partial charge in [0.15, 0.2) is 0 Å². The highest BCUT2D eigenvalue weighted by Crippen LogP contribution is 2.28. The molecule has 2 heterocycles. The summed E-state index contributed by atoms with van der Waals surface area (Å²) in [5.74, 6) is 0.703. The largest absolute Gasteiger partial charge is 0.361 e. The zero-order valence-electron chi connectivity index (χ0n) is 8.49. The molecule has 0 radical (unpaired) electrons. The van der Waals surface area contributed by atoms with Crippen molar-refractivity contribution in [1.29, 1.82) is 0 Å². The molecule has 1 aliphatic rings. The summed E-state index contributed by atoms with van der Waals surface area (Å²) in [4.78, 5) is 3.26. The van der Waals surface area contributed by atoms with Crippen LogP contribution in [-0.4, -0.2) is 18.1 Å². The Bertz CT molecular complexity index is 444. The van der Waals surface area contributed by atoms with Crippen LogP contribution in [-0.2, 0) is 0 Å². The Morgan fingerprint density at radius 2 is 2.13 bits per heavy atom. The monoisotopic (exact) mass is 222 g/mol. The Hall–Kier alpha value is -0.990. The topological polar surface area (TPSA) is 27.8 Å². The standard InChI is InChI=1S/C12H14N2.ClH/c1-2-10(9-4-6-13-8-9)11-5-7-14-12(11)3-1;/h1-3,5,7,9,13-14H,4,6,8H2;1H. The number of aromatic nitrogens is 1. The molecule has 3 rings (SSSR count). The van der Waals surface area contributed by atoms with Crippen LogP contribution in [0.4, 0.5) is 0 Å². The predicted octanol–water partition coefficient (Wildman–Crippen LogP) is 2.67. The fraction of sp³-hybridized carbons (Fsp3) is 0.333. The van der Waals surface area contributed by atoms with Crippen molar-refractivity contribution in [2.75, 3.05) is 13.1 Å². The lowest BCUT2D eigenvalue weighted by Crippen LogP contribution is -2.07. The van der Waals surface area contributed by atoms with Gasteiger partial charge in [0, 0.05) is 23.6 Å². The van der Waals surface area contributed by atoms with E-state index in [2.05, 4.69) is 34.6 Å². The Balaban J connectivity index is 0.000000853. The van der Waals surface area contributed by atoms with Gasteiger partial charge in [0.1, 0.15) is 0 Å². The van der Waals surface area contributed by atoms with Gasteiger partial charge in [0.25, 0.3) is 0 Å². The number of aromatic amines is 1. The number of H-pyrrole nitrogens is 1. The smallest absolute Gasteiger partial charge is 0.0456 e. The molecule has 0 bridgehead atoms. The van der Waals surface area contributed by atoms with Crippen LogP contribution in [0.25, 0.3) is 10.9 Å². The van der Waals surface area contributed by atoms with Crippen molar-refractivity contribution in [3.8, 4) is 0 Å². The summed E-state index contributed by atoms with van der Waals surface area (Å²) in [5, 5.41) is 4.81. The van der Waals surface area contributed by atoms with Crippen molar-refractivity contribution in [2.24, 2.45) is 0 Å². The van der Waals surface area contributed by atoms with Crippen LogP contribution in [0, 0.1) is 0 Å². The maximum Gasteiger partial charge on any atom is 0.0456 e. The number of benzene rings is 1. The van der Waals surface area contributed by atoms with Crippen LogP contribution in [0.2, 0.25) is 0 Å². The predicted molar refractivity (Wildman–Crippen MR) is 65.8 cm³/mol. The molecule has 0 aliphatic carbocycles. The third-order valence-electron chi connectivity index (χ3n) is 3.13. The molecule has 1 aromatic carbocycles. The molecule has 2 N–H and O–H groups in total. The Morgan fingerprint density at radius 3 is 2.93 bits per heavy atom. The summed E-state index contributed by atoms with van der Waals surface area (Å²) >= 11 is 0. The van der Waals surface area contributed by atoms with Gasteiger partial charge in [0.05, 0.1) is 0 Å². The summed E-state index contributed by atoms with van der Waals surface area (Å²) < 4.78 is 0. The average molecular weight is 223 g/mol. The maximum absolute atomic E-state index is 3.42.